The molecule has 0 unspecified atom stereocenters. The highest BCUT2D eigenvalue weighted by Crippen LogP contribution is 2.23. The Kier molecular flexibility index (Phi) is 3.63. The molecule has 0 amide bonds. The van der Waals surface area contributed by atoms with Gasteiger partial charge in [0, 0.05) is 15.8 Å². The molecular formula is C18H13ClO2. The maximum atomic E-state index is 12.2. The van der Waals surface area contributed by atoms with Gasteiger partial charge in [-0.05, 0) is 36.8 Å². The van der Waals surface area contributed by atoms with Crippen molar-refractivity contribution in [2.75, 3.05) is 0 Å². The summed E-state index contributed by atoms with van der Waals surface area (Å²) >= 11 is 5.83. The van der Waals surface area contributed by atoms with Crippen LogP contribution in [0.15, 0.2) is 59.2 Å². The number of hydrogen-bond acceptors (Lipinski definition) is 2. The highest BCUT2D eigenvalue weighted by atomic mass is 35.5. The van der Waals surface area contributed by atoms with E-state index in [-0.39, 0.29) is 5.78 Å². The quantitative estimate of drug-likeness (QED) is 0.485. The van der Waals surface area contributed by atoms with Gasteiger partial charge in [-0.3, -0.25) is 4.79 Å². The molecule has 3 aromatic rings. The third-order valence-electron chi connectivity index (χ3n) is 3.28. The molecule has 2 nitrogen and oxygen atoms in total. The van der Waals surface area contributed by atoms with Crippen LogP contribution in [-0.4, -0.2) is 5.78 Å². The number of aryl methyl sites for hydroxylation is 1. The first-order valence-corrected chi connectivity index (χ1v) is 6.97. The summed E-state index contributed by atoms with van der Waals surface area (Å²) in [6.45, 7) is 2.01. The molecule has 1 aromatic heterocycles. The van der Waals surface area contributed by atoms with E-state index < -0.39 is 0 Å². The van der Waals surface area contributed by atoms with E-state index in [4.69, 9.17) is 16.0 Å². The fourth-order valence-electron chi connectivity index (χ4n) is 2.18. The van der Waals surface area contributed by atoms with Gasteiger partial charge in [-0.25, -0.2) is 0 Å². The van der Waals surface area contributed by atoms with Crippen LogP contribution in [0.3, 0.4) is 0 Å². The van der Waals surface area contributed by atoms with Gasteiger partial charge in [0.05, 0.1) is 6.26 Å². The summed E-state index contributed by atoms with van der Waals surface area (Å²) in [6, 6.07) is 13.2. The smallest absolute Gasteiger partial charge is 0.221 e. The van der Waals surface area contributed by atoms with Crippen LogP contribution in [0.2, 0.25) is 5.02 Å². The van der Waals surface area contributed by atoms with E-state index in [9.17, 15) is 4.79 Å². The summed E-state index contributed by atoms with van der Waals surface area (Å²) in [5, 5.41) is 2.45. The van der Waals surface area contributed by atoms with Crippen LogP contribution in [0.4, 0.5) is 0 Å². The van der Waals surface area contributed by atoms with Crippen molar-refractivity contribution in [3.63, 3.8) is 0 Å². The number of ketones is 1. The van der Waals surface area contributed by atoms with Gasteiger partial charge in [-0.2, -0.15) is 0 Å². The van der Waals surface area contributed by atoms with Crippen LogP contribution < -0.4 is 0 Å². The van der Waals surface area contributed by atoms with Gasteiger partial charge in [0.25, 0.3) is 0 Å². The topological polar surface area (TPSA) is 30.2 Å². The molecule has 104 valence electrons. The third-order valence-corrected chi connectivity index (χ3v) is 3.53. The van der Waals surface area contributed by atoms with E-state index in [1.807, 2.05) is 37.3 Å². The second-order valence-corrected chi connectivity index (χ2v) is 5.34. The number of hydrogen-bond donors (Lipinski definition) is 0. The Labute approximate surface area is 127 Å². The highest BCUT2D eigenvalue weighted by Gasteiger charge is 2.12. The van der Waals surface area contributed by atoms with Gasteiger partial charge in [-0.15, -0.1) is 0 Å². The summed E-state index contributed by atoms with van der Waals surface area (Å²) in [7, 11) is 0. The molecule has 0 aliphatic rings. The van der Waals surface area contributed by atoms with Crippen LogP contribution in [-0.2, 0) is 0 Å². The molecule has 0 N–H and O–H groups in total. The molecular weight excluding hydrogens is 284 g/mol. The molecule has 0 atom stereocenters. The summed E-state index contributed by atoms with van der Waals surface area (Å²) in [5.74, 6) is 0.221. The highest BCUT2D eigenvalue weighted by molar-refractivity contribution is 6.30. The number of rotatable bonds is 3. The van der Waals surface area contributed by atoms with Crippen molar-refractivity contribution in [2.45, 2.75) is 6.92 Å². The number of carbonyl (C=O) groups excluding carboxylic acids is 1. The zero-order valence-corrected chi connectivity index (χ0v) is 12.2. The van der Waals surface area contributed by atoms with E-state index in [2.05, 4.69) is 0 Å². The van der Waals surface area contributed by atoms with Crippen molar-refractivity contribution in [1.29, 1.82) is 0 Å². The molecule has 0 spiro atoms. The number of fused-ring (bicyclic) bond motifs is 1. The average Bonchev–Trinajstić information content (AvgIpc) is 2.89. The van der Waals surface area contributed by atoms with Crippen molar-refractivity contribution >= 4 is 34.2 Å². The maximum Gasteiger partial charge on any atom is 0.221 e. The molecule has 3 rings (SSSR count). The van der Waals surface area contributed by atoms with Crippen molar-refractivity contribution in [3.05, 3.63) is 76.7 Å². The molecule has 2 aromatic carbocycles. The van der Waals surface area contributed by atoms with Crippen LogP contribution in [0.1, 0.15) is 21.7 Å². The minimum absolute atomic E-state index is 0.149. The Bertz CT molecular complexity index is 826. The van der Waals surface area contributed by atoms with Gasteiger partial charge in [-0.1, -0.05) is 47.5 Å². The minimum Gasteiger partial charge on any atom is -0.460 e. The summed E-state index contributed by atoms with van der Waals surface area (Å²) in [6.07, 6.45) is 4.88. The lowest BCUT2D eigenvalue weighted by atomic mass is 10.1. The van der Waals surface area contributed by atoms with Crippen LogP contribution in [0, 0.1) is 6.92 Å². The average molecular weight is 297 g/mol. The standard InChI is InChI=1S/C18H13ClO2/c1-12-2-8-16-14(10-12)11-21-18(16)17(20)9-5-13-3-6-15(19)7-4-13/h2-11H,1H3. The Morgan fingerprint density at radius 1 is 1.14 bits per heavy atom. The predicted octanol–water partition coefficient (Wildman–Crippen LogP) is 5.29. The maximum absolute atomic E-state index is 12.2. The summed E-state index contributed by atoms with van der Waals surface area (Å²) < 4.78 is 5.42. The lowest BCUT2D eigenvalue weighted by molar-refractivity contribution is 0.102. The zero-order valence-electron chi connectivity index (χ0n) is 11.5. The third kappa shape index (κ3) is 2.91. The first-order chi connectivity index (χ1) is 10.1. The van der Waals surface area contributed by atoms with Crippen LogP contribution in [0.25, 0.3) is 16.8 Å². The monoisotopic (exact) mass is 296 g/mol. The lowest BCUT2D eigenvalue weighted by Gasteiger charge is -1.95. The predicted molar refractivity (Wildman–Crippen MR) is 85.8 cm³/mol. The molecule has 0 saturated heterocycles. The number of benzene rings is 2. The Morgan fingerprint density at radius 3 is 2.67 bits per heavy atom. The SMILES string of the molecule is Cc1ccc2c(C(=O)C=Cc3ccc(Cl)cc3)occ2c1. The number of allylic oxidation sites excluding steroid dienone is 1. The van der Waals surface area contributed by atoms with E-state index in [1.165, 1.54) is 6.08 Å². The second kappa shape index (κ2) is 5.58. The van der Waals surface area contributed by atoms with Crippen molar-refractivity contribution in [1.82, 2.24) is 0 Å². The zero-order chi connectivity index (χ0) is 14.8. The van der Waals surface area contributed by atoms with Gasteiger partial charge >= 0.3 is 0 Å². The molecule has 0 bridgehead atoms. The van der Waals surface area contributed by atoms with Gasteiger partial charge in [0.2, 0.25) is 5.78 Å². The molecule has 21 heavy (non-hydrogen) atoms. The molecule has 0 aliphatic carbocycles. The minimum atomic E-state index is -0.149. The Balaban J connectivity index is 1.88. The normalized spacial score (nSPS) is 11.3. The fraction of sp³-hybridized carbons (Fsp3) is 0.0556. The van der Waals surface area contributed by atoms with E-state index >= 15 is 0 Å². The van der Waals surface area contributed by atoms with E-state index in [1.54, 1.807) is 24.5 Å². The van der Waals surface area contributed by atoms with Crippen LogP contribution >= 0.6 is 11.6 Å². The fourth-order valence-corrected chi connectivity index (χ4v) is 2.31. The van der Waals surface area contributed by atoms with Crippen molar-refractivity contribution < 1.29 is 9.21 Å². The van der Waals surface area contributed by atoms with Crippen molar-refractivity contribution in [3.8, 4) is 0 Å². The number of furan rings is 1. The molecule has 0 saturated carbocycles. The van der Waals surface area contributed by atoms with E-state index in [0.717, 1.165) is 21.9 Å². The first kappa shape index (κ1) is 13.7. The summed E-state index contributed by atoms with van der Waals surface area (Å²) in [5.41, 5.74) is 2.05. The second-order valence-electron chi connectivity index (χ2n) is 4.90. The van der Waals surface area contributed by atoms with Gasteiger partial charge < -0.3 is 4.42 Å². The van der Waals surface area contributed by atoms with Gasteiger partial charge in [0.15, 0.2) is 5.76 Å². The molecule has 1 heterocycles. The number of halogens is 1. The van der Waals surface area contributed by atoms with E-state index in [0.29, 0.717) is 10.8 Å². The van der Waals surface area contributed by atoms with Crippen molar-refractivity contribution in [2.24, 2.45) is 0 Å². The summed E-state index contributed by atoms with van der Waals surface area (Å²) in [4.78, 5) is 12.2. The Hall–Kier alpha value is -2.32. The molecule has 0 aliphatic heterocycles. The first-order valence-electron chi connectivity index (χ1n) is 6.59. The molecule has 3 heteroatoms. The lowest BCUT2D eigenvalue weighted by Crippen LogP contribution is -1.92. The Morgan fingerprint density at radius 2 is 1.90 bits per heavy atom. The van der Waals surface area contributed by atoms with Crippen LogP contribution in [0.5, 0.6) is 0 Å². The number of carbonyl (C=O) groups is 1. The van der Waals surface area contributed by atoms with Gasteiger partial charge in [0.1, 0.15) is 0 Å². The molecule has 0 radical (unpaired) electrons. The largest absolute Gasteiger partial charge is 0.460 e. The molecule has 0 fully saturated rings.